The molecule has 0 aliphatic rings. The average molecular weight is 256 g/mol. The molecular formula is C13H29BO2Si. The Morgan fingerprint density at radius 2 is 1.35 bits per heavy atom. The maximum atomic E-state index is 9.14. The summed E-state index contributed by atoms with van der Waals surface area (Å²) in [6, 6.07) is 1.05. The van der Waals surface area contributed by atoms with Crippen molar-refractivity contribution in [1.29, 1.82) is 0 Å². The molecule has 0 unspecified atom stereocenters. The first-order valence-electron chi connectivity index (χ1n) is 6.69. The van der Waals surface area contributed by atoms with Gasteiger partial charge in [-0.3, -0.25) is 0 Å². The molecule has 0 aliphatic heterocycles. The summed E-state index contributed by atoms with van der Waals surface area (Å²) >= 11 is 0. The highest BCUT2D eigenvalue weighted by Crippen LogP contribution is 2.44. The third kappa shape index (κ3) is 3.97. The Balaban J connectivity index is 5.14. The molecule has 0 spiro atoms. The van der Waals surface area contributed by atoms with Crippen LogP contribution >= 0.6 is 0 Å². The second-order valence-corrected chi connectivity index (χ2v) is 12.2. The van der Waals surface area contributed by atoms with Gasteiger partial charge in [-0.2, -0.15) is 0 Å². The van der Waals surface area contributed by atoms with Gasteiger partial charge < -0.3 is 10.0 Å². The lowest BCUT2D eigenvalue weighted by Gasteiger charge is -2.43. The zero-order valence-corrected chi connectivity index (χ0v) is 13.5. The smallest absolute Gasteiger partial charge is 0.423 e. The standard InChI is InChI=1S/C13H29BO2Si/c1-10(2)17(11(3)4,12(5)6)9-8-13(7)14(15)16/h8,10-12,15-16H,9H2,1-7H3/b13-8-. The Morgan fingerprint density at radius 3 is 1.59 bits per heavy atom. The van der Waals surface area contributed by atoms with Crippen LogP contribution in [0.15, 0.2) is 11.5 Å². The quantitative estimate of drug-likeness (QED) is 0.712. The Hall–Kier alpha value is -0.0582. The van der Waals surface area contributed by atoms with Gasteiger partial charge in [0.05, 0.1) is 8.07 Å². The first kappa shape index (κ1) is 16.9. The van der Waals surface area contributed by atoms with Crippen LogP contribution in [0.1, 0.15) is 48.5 Å². The van der Waals surface area contributed by atoms with Gasteiger partial charge >= 0.3 is 7.12 Å². The number of hydrogen-bond acceptors (Lipinski definition) is 2. The van der Waals surface area contributed by atoms with Crippen molar-refractivity contribution in [1.82, 2.24) is 0 Å². The van der Waals surface area contributed by atoms with E-state index < -0.39 is 15.2 Å². The molecule has 0 aliphatic carbocycles. The van der Waals surface area contributed by atoms with Crippen LogP contribution in [0.3, 0.4) is 0 Å². The van der Waals surface area contributed by atoms with E-state index in [0.717, 1.165) is 6.04 Å². The molecule has 0 saturated carbocycles. The Morgan fingerprint density at radius 1 is 1.00 bits per heavy atom. The van der Waals surface area contributed by atoms with Crippen molar-refractivity contribution in [3.8, 4) is 0 Å². The molecule has 17 heavy (non-hydrogen) atoms. The maximum Gasteiger partial charge on any atom is 0.483 e. The zero-order valence-electron chi connectivity index (χ0n) is 12.5. The first-order valence-corrected chi connectivity index (χ1v) is 9.12. The molecular weight excluding hydrogens is 227 g/mol. The van der Waals surface area contributed by atoms with E-state index in [-0.39, 0.29) is 0 Å². The SMILES string of the molecule is C/C(=C/C[Si](C(C)C)(C(C)C)C(C)C)B(O)O. The molecule has 0 amide bonds. The molecule has 2 N–H and O–H groups in total. The predicted molar refractivity (Wildman–Crippen MR) is 79.8 cm³/mol. The molecule has 0 saturated heterocycles. The molecule has 2 nitrogen and oxygen atoms in total. The van der Waals surface area contributed by atoms with Crippen LogP contribution in [0.5, 0.6) is 0 Å². The van der Waals surface area contributed by atoms with Crippen molar-refractivity contribution in [2.24, 2.45) is 0 Å². The van der Waals surface area contributed by atoms with E-state index >= 15 is 0 Å². The van der Waals surface area contributed by atoms with Crippen molar-refractivity contribution in [2.75, 3.05) is 0 Å². The highest BCUT2D eigenvalue weighted by atomic mass is 28.3. The molecule has 4 heteroatoms. The molecule has 0 aromatic heterocycles. The van der Waals surface area contributed by atoms with E-state index in [0.29, 0.717) is 22.1 Å². The minimum Gasteiger partial charge on any atom is -0.423 e. The molecule has 0 radical (unpaired) electrons. The van der Waals surface area contributed by atoms with E-state index in [1.807, 2.05) is 0 Å². The lowest BCUT2D eigenvalue weighted by Crippen LogP contribution is -2.43. The summed E-state index contributed by atoms with van der Waals surface area (Å²) in [5, 5.41) is 18.3. The van der Waals surface area contributed by atoms with Crippen LogP contribution in [0.4, 0.5) is 0 Å². The van der Waals surface area contributed by atoms with Gasteiger partial charge in [-0.15, -0.1) is 0 Å². The van der Waals surface area contributed by atoms with Gasteiger partial charge in [0.1, 0.15) is 0 Å². The van der Waals surface area contributed by atoms with E-state index in [2.05, 4.69) is 47.6 Å². The molecule has 0 aromatic rings. The lowest BCUT2D eigenvalue weighted by atomic mass is 9.81. The van der Waals surface area contributed by atoms with Crippen molar-refractivity contribution in [2.45, 2.75) is 71.1 Å². The number of allylic oxidation sites excluding steroid dienone is 2. The minimum atomic E-state index is -1.43. The van der Waals surface area contributed by atoms with Crippen LogP contribution < -0.4 is 0 Å². The summed E-state index contributed by atoms with van der Waals surface area (Å²) in [4.78, 5) is 0. The summed E-state index contributed by atoms with van der Waals surface area (Å²) < 4.78 is 0. The average Bonchev–Trinajstić information content (AvgIpc) is 2.16. The summed E-state index contributed by atoms with van der Waals surface area (Å²) in [6.07, 6.45) is 2.05. The summed E-state index contributed by atoms with van der Waals surface area (Å²) in [5.41, 5.74) is 2.82. The third-order valence-electron chi connectivity index (χ3n) is 4.41. The normalized spacial score (nSPS) is 14.0. The second kappa shape index (κ2) is 6.76. The molecule has 0 fully saturated rings. The van der Waals surface area contributed by atoms with Crippen LogP contribution in [0, 0.1) is 0 Å². The fraction of sp³-hybridized carbons (Fsp3) is 0.846. The molecule has 0 aromatic carbocycles. The van der Waals surface area contributed by atoms with E-state index in [1.165, 1.54) is 0 Å². The summed E-state index contributed by atoms with van der Waals surface area (Å²) in [6.45, 7) is 15.7. The fourth-order valence-corrected chi connectivity index (χ4v) is 9.24. The third-order valence-corrected chi connectivity index (χ3v) is 11.8. The predicted octanol–water partition coefficient (Wildman–Crippen LogP) is 3.62. The monoisotopic (exact) mass is 256 g/mol. The van der Waals surface area contributed by atoms with Gasteiger partial charge in [0.25, 0.3) is 0 Å². The zero-order chi connectivity index (χ0) is 13.8. The Kier molecular flexibility index (Phi) is 6.74. The number of hydrogen-bond donors (Lipinski definition) is 2. The highest BCUT2D eigenvalue weighted by molar-refractivity contribution is 6.83. The van der Waals surface area contributed by atoms with Crippen molar-refractivity contribution < 1.29 is 10.0 Å². The topological polar surface area (TPSA) is 40.5 Å². The van der Waals surface area contributed by atoms with Crippen LogP contribution in [-0.2, 0) is 0 Å². The Labute approximate surface area is 108 Å². The second-order valence-electron chi connectivity index (χ2n) is 6.10. The lowest BCUT2D eigenvalue weighted by molar-refractivity contribution is 0.419. The van der Waals surface area contributed by atoms with Gasteiger partial charge in [-0.25, -0.2) is 0 Å². The van der Waals surface area contributed by atoms with Gasteiger partial charge in [0.15, 0.2) is 0 Å². The van der Waals surface area contributed by atoms with Gasteiger partial charge in [0, 0.05) is 0 Å². The fourth-order valence-electron chi connectivity index (χ4n) is 3.15. The van der Waals surface area contributed by atoms with Crippen LogP contribution in [0.25, 0.3) is 0 Å². The van der Waals surface area contributed by atoms with E-state index in [1.54, 1.807) is 6.92 Å². The molecule has 0 atom stereocenters. The van der Waals surface area contributed by atoms with Crippen LogP contribution in [-0.4, -0.2) is 25.2 Å². The van der Waals surface area contributed by atoms with Gasteiger partial charge in [-0.1, -0.05) is 64.2 Å². The van der Waals surface area contributed by atoms with Crippen molar-refractivity contribution >= 4 is 15.2 Å². The molecule has 0 bridgehead atoms. The number of rotatable bonds is 6. The molecule has 0 heterocycles. The van der Waals surface area contributed by atoms with E-state index in [4.69, 9.17) is 10.0 Å². The molecule has 100 valence electrons. The summed E-state index contributed by atoms with van der Waals surface area (Å²) in [7, 11) is -2.73. The first-order chi connectivity index (χ1) is 7.66. The highest BCUT2D eigenvalue weighted by Gasteiger charge is 2.41. The van der Waals surface area contributed by atoms with Crippen molar-refractivity contribution in [3.63, 3.8) is 0 Å². The Bertz CT molecular complexity index is 238. The van der Waals surface area contributed by atoms with E-state index in [9.17, 15) is 0 Å². The molecule has 0 rings (SSSR count). The van der Waals surface area contributed by atoms with Crippen molar-refractivity contribution in [3.05, 3.63) is 11.5 Å². The summed E-state index contributed by atoms with van der Waals surface area (Å²) in [5.74, 6) is 0. The van der Waals surface area contributed by atoms with Gasteiger partial charge in [0.2, 0.25) is 0 Å². The maximum absolute atomic E-state index is 9.14. The van der Waals surface area contributed by atoms with Crippen LogP contribution in [0.2, 0.25) is 22.7 Å². The largest absolute Gasteiger partial charge is 0.483 e. The van der Waals surface area contributed by atoms with Gasteiger partial charge in [-0.05, 0) is 18.4 Å². The minimum absolute atomic E-state index is 0.684.